The highest BCUT2D eigenvalue weighted by Gasteiger charge is 2.30. The number of ketones is 2. The van der Waals surface area contributed by atoms with Crippen molar-refractivity contribution in [3.05, 3.63) is 39.7 Å². The Hall–Kier alpha value is -3.01. The van der Waals surface area contributed by atoms with Gasteiger partial charge in [0.1, 0.15) is 11.6 Å². The van der Waals surface area contributed by atoms with Gasteiger partial charge in [0.05, 0.1) is 31.3 Å². The summed E-state index contributed by atoms with van der Waals surface area (Å²) in [5, 5.41) is 0.0734. The zero-order valence-corrected chi connectivity index (χ0v) is 12.4. The Labute approximate surface area is 133 Å². The highest BCUT2D eigenvalue weighted by atomic mass is 16.2. The second-order valence-electron chi connectivity index (χ2n) is 5.43. The molecule has 0 spiro atoms. The SMILES string of the molecule is [2H]C1(n2c(C)nc3cc([N+]#[C-])cc(N)c3c2=O)CCC(=O)CC1=O. The summed E-state index contributed by atoms with van der Waals surface area (Å²) in [4.78, 5) is 44.2. The number of aromatic nitrogens is 2. The highest BCUT2D eigenvalue weighted by Crippen LogP contribution is 2.27. The molecular weight excluding hydrogens is 296 g/mol. The van der Waals surface area contributed by atoms with Gasteiger partial charge in [-0.15, -0.1) is 0 Å². The van der Waals surface area contributed by atoms with Crippen molar-refractivity contribution in [2.24, 2.45) is 0 Å². The minimum Gasteiger partial charge on any atom is -0.399 e. The molecule has 1 aliphatic rings. The summed E-state index contributed by atoms with van der Waals surface area (Å²) in [6.45, 7) is 8.57. The number of carbonyl (C=O) groups is 2. The average molecular weight is 311 g/mol. The molecule has 0 amide bonds. The van der Waals surface area contributed by atoms with Gasteiger partial charge >= 0.3 is 0 Å². The fourth-order valence-corrected chi connectivity index (χ4v) is 2.82. The van der Waals surface area contributed by atoms with Gasteiger partial charge in [-0.2, -0.15) is 0 Å². The molecule has 0 radical (unpaired) electrons. The van der Waals surface area contributed by atoms with E-state index in [2.05, 4.69) is 9.83 Å². The molecule has 2 N–H and O–H groups in total. The summed E-state index contributed by atoms with van der Waals surface area (Å²) < 4.78 is 9.51. The fourth-order valence-electron chi connectivity index (χ4n) is 2.82. The number of nitrogens with two attached hydrogens (primary N) is 1. The number of nitrogens with zero attached hydrogens (tertiary/aromatic N) is 3. The summed E-state index contributed by atoms with van der Waals surface area (Å²) in [6.07, 6.45) is -0.372. The maximum atomic E-state index is 12.9. The van der Waals surface area contributed by atoms with Crippen molar-refractivity contribution in [2.75, 3.05) is 5.73 Å². The number of benzene rings is 1. The summed E-state index contributed by atoms with van der Waals surface area (Å²) in [6, 6.07) is 0.947. The standard InChI is InChI=1S/C16H14N4O3/c1-8-19-12-6-9(18-2)5-11(17)15(12)16(23)20(8)13-4-3-10(21)7-14(13)22/h5-6,13H,3-4,7,17H2,1H3/i13D. The van der Waals surface area contributed by atoms with E-state index in [0.717, 1.165) is 4.57 Å². The lowest BCUT2D eigenvalue weighted by Crippen LogP contribution is -2.36. The summed E-state index contributed by atoms with van der Waals surface area (Å²) in [7, 11) is 0. The quantitative estimate of drug-likeness (QED) is 0.491. The van der Waals surface area contributed by atoms with Crippen molar-refractivity contribution in [3.8, 4) is 0 Å². The molecule has 1 saturated carbocycles. The summed E-state index contributed by atoms with van der Waals surface area (Å²) in [5.74, 6) is -0.684. The average Bonchev–Trinajstić information content (AvgIpc) is 2.50. The Bertz CT molecular complexity index is 1010. The van der Waals surface area contributed by atoms with Crippen molar-refractivity contribution in [3.63, 3.8) is 0 Å². The zero-order valence-electron chi connectivity index (χ0n) is 13.4. The second-order valence-corrected chi connectivity index (χ2v) is 5.43. The molecule has 3 rings (SSSR count). The Morgan fingerprint density at radius 2 is 2.17 bits per heavy atom. The van der Waals surface area contributed by atoms with E-state index in [1.54, 1.807) is 0 Å². The van der Waals surface area contributed by atoms with Crippen molar-refractivity contribution < 1.29 is 11.0 Å². The lowest BCUT2D eigenvalue weighted by Gasteiger charge is -2.24. The monoisotopic (exact) mass is 311 g/mol. The molecule has 1 unspecified atom stereocenters. The number of rotatable bonds is 1. The first kappa shape index (κ1) is 13.6. The molecule has 7 nitrogen and oxygen atoms in total. The summed E-state index contributed by atoms with van der Waals surface area (Å²) in [5.41, 5.74) is 5.86. The smallest absolute Gasteiger partial charge is 0.264 e. The van der Waals surface area contributed by atoms with Crippen LogP contribution < -0.4 is 11.3 Å². The number of hydrogen-bond donors (Lipinski definition) is 1. The van der Waals surface area contributed by atoms with E-state index in [1.807, 2.05) is 0 Å². The Morgan fingerprint density at radius 1 is 1.43 bits per heavy atom. The van der Waals surface area contributed by atoms with Crippen LogP contribution in [0.25, 0.3) is 15.7 Å². The number of aryl methyl sites for hydroxylation is 1. The molecule has 1 aliphatic carbocycles. The molecule has 0 saturated heterocycles. The molecule has 1 aromatic heterocycles. The molecule has 23 heavy (non-hydrogen) atoms. The van der Waals surface area contributed by atoms with Crippen molar-refractivity contribution in [1.82, 2.24) is 9.55 Å². The van der Waals surface area contributed by atoms with E-state index < -0.39 is 17.4 Å². The molecule has 1 heterocycles. The fraction of sp³-hybridized carbons (Fsp3) is 0.312. The van der Waals surface area contributed by atoms with Gasteiger partial charge in [-0.1, -0.05) is 0 Å². The van der Waals surface area contributed by atoms with Crippen LogP contribution in [0.3, 0.4) is 0 Å². The minimum absolute atomic E-state index is 0.0608. The third-order valence-electron chi connectivity index (χ3n) is 3.87. The van der Waals surface area contributed by atoms with Gasteiger partial charge in [-0.25, -0.2) is 9.83 Å². The van der Waals surface area contributed by atoms with Crippen LogP contribution in [0.4, 0.5) is 11.4 Å². The van der Waals surface area contributed by atoms with Crippen LogP contribution in [-0.2, 0) is 9.59 Å². The molecule has 2 aromatic rings. The molecule has 0 bridgehead atoms. The van der Waals surface area contributed by atoms with E-state index >= 15 is 0 Å². The van der Waals surface area contributed by atoms with Crippen LogP contribution in [0.5, 0.6) is 0 Å². The van der Waals surface area contributed by atoms with E-state index in [1.165, 1.54) is 19.1 Å². The van der Waals surface area contributed by atoms with E-state index in [-0.39, 0.29) is 53.1 Å². The van der Waals surface area contributed by atoms with Crippen LogP contribution in [0, 0.1) is 13.5 Å². The van der Waals surface area contributed by atoms with Gasteiger partial charge in [-0.3, -0.25) is 19.0 Å². The second kappa shape index (κ2) is 5.32. The number of anilines is 1. The Morgan fingerprint density at radius 3 is 2.83 bits per heavy atom. The third-order valence-corrected chi connectivity index (χ3v) is 3.87. The first-order valence-electron chi connectivity index (χ1n) is 7.54. The number of hydrogen-bond acceptors (Lipinski definition) is 5. The van der Waals surface area contributed by atoms with E-state index in [4.69, 9.17) is 13.7 Å². The van der Waals surface area contributed by atoms with E-state index in [0.29, 0.717) is 0 Å². The maximum Gasteiger partial charge on any atom is 0.264 e. The van der Waals surface area contributed by atoms with Crippen molar-refractivity contribution in [1.29, 1.82) is 0 Å². The maximum absolute atomic E-state index is 12.9. The van der Waals surface area contributed by atoms with Gasteiger partial charge < -0.3 is 5.73 Å². The number of Topliss-reactive ketones (excluding diaryl/α,β-unsaturated/α-hetero) is 2. The van der Waals surface area contributed by atoms with Crippen LogP contribution in [0.2, 0.25) is 0 Å². The highest BCUT2D eigenvalue weighted by molar-refractivity contribution is 6.03. The summed E-state index contributed by atoms with van der Waals surface area (Å²) >= 11 is 0. The molecule has 0 aliphatic heterocycles. The normalized spacial score (nSPS) is 22.0. The van der Waals surface area contributed by atoms with Crippen LogP contribution >= 0.6 is 0 Å². The van der Waals surface area contributed by atoms with Crippen molar-refractivity contribution >= 4 is 33.8 Å². The van der Waals surface area contributed by atoms with Crippen LogP contribution in [-0.4, -0.2) is 21.1 Å². The molecule has 1 aromatic carbocycles. The minimum atomic E-state index is -1.86. The molecule has 7 heteroatoms. The lowest BCUT2D eigenvalue weighted by molar-refractivity contribution is -0.132. The van der Waals surface area contributed by atoms with Crippen LogP contribution in [0.1, 0.15) is 32.5 Å². The zero-order chi connectivity index (χ0) is 17.6. The van der Waals surface area contributed by atoms with E-state index in [9.17, 15) is 14.4 Å². The van der Waals surface area contributed by atoms with Crippen molar-refractivity contribution in [2.45, 2.75) is 32.2 Å². The number of nitrogen functional groups attached to an aromatic ring is 1. The number of fused-ring (bicyclic) bond motifs is 1. The van der Waals surface area contributed by atoms with Gasteiger partial charge in [-0.05, 0) is 25.5 Å². The first-order chi connectivity index (χ1) is 11.3. The Kier molecular flexibility index (Phi) is 3.15. The van der Waals surface area contributed by atoms with Gasteiger partial charge in [0, 0.05) is 12.1 Å². The largest absolute Gasteiger partial charge is 0.399 e. The molecule has 1 fully saturated rings. The number of carbonyl (C=O) groups excluding carboxylic acids is 2. The molecular formula is C16H14N4O3. The molecule has 1 atom stereocenters. The predicted molar refractivity (Wildman–Crippen MR) is 84.3 cm³/mol. The lowest BCUT2D eigenvalue weighted by atomic mass is 9.92. The van der Waals surface area contributed by atoms with Gasteiger partial charge in [0.2, 0.25) is 0 Å². The van der Waals surface area contributed by atoms with Gasteiger partial charge in [0.25, 0.3) is 5.56 Å². The topological polar surface area (TPSA) is 99.4 Å². The third kappa shape index (κ3) is 2.38. The first-order valence-corrected chi connectivity index (χ1v) is 7.04. The van der Waals surface area contributed by atoms with Gasteiger partial charge in [0.15, 0.2) is 11.5 Å². The Balaban J connectivity index is 2.33. The van der Waals surface area contributed by atoms with Crippen LogP contribution in [0.15, 0.2) is 16.9 Å². The molecule has 116 valence electrons. The predicted octanol–water partition coefficient (Wildman–Crippen LogP) is 1.70.